The molecule has 0 bridgehead atoms. The molecule has 0 radical (unpaired) electrons. The average Bonchev–Trinajstić information content (AvgIpc) is 2.43. The monoisotopic (exact) mass is 314 g/mol. The first-order valence-electron chi connectivity index (χ1n) is 5.75. The molecule has 2 aromatic rings. The van der Waals surface area contributed by atoms with Crippen molar-refractivity contribution in [2.75, 3.05) is 17.6 Å². The van der Waals surface area contributed by atoms with Crippen molar-refractivity contribution in [2.24, 2.45) is 0 Å². The Hall–Kier alpha value is -2.35. The highest BCUT2D eigenvalue weighted by atomic mass is 32.2. The lowest BCUT2D eigenvalue weighted by molar-refractivity contribution is 0.417. The lowest BCUT2D eigenvalue weighted by Gasteiger charge is -2.12. The highest BCUT2D eigenvalue weighted by Gasteiger charge is 2.18. The molecule has 2 aromatic carbocycles. The minimum Gasteiger partial charge on any atom is -0.494 e. The molecule has 0 aliphatic carbocycles. The van der Waals surface area contributed by atoms with Crippen molar-refractivity contribution in [2.45, 2.75) is 4.90 Å². The second kappa shape index (κ2) is 5.57. The summed E-state index contributed by atoms with van der Waals surface area (Å²) in [7, 11) is -2.72. The van der Waals surface area contributed by atoms with Gasteiger partial charge in [0, 0.05) is 11.8 Å². The van der Waals surface area contributed by atoms with E-state index in [2.05, 4.69) is 4.72 Å². The summed E-state index contributed by atoms with van der Waals surface area (Å²) in [5.41, 5.74) is 6.09. The molecule has 0 fully saturated rings. The van der Waals surface area contributed by atoms with Crippen LogP contribution in [0.2, 0.25) is 0 Å². The van der Waals surface area contributed by atoms with Gasteiger partial charge in [-0.3, -0.25) is 4.72 Å². The molecule has 0 aliphatic heterocycles. The fourth-order valence-corrected chi connectivity index (χ4v) is 2.72. The molecule has 112 valence electrons. The van der Waals surface area contributed by atoms with Crippen LogP contribution in [0.4, 0.5) is 20.2 Å². The number of sulfonamides is 1. The number of ether oxygens (including phenoxy) is 1. The number of hydrogen-bond acceptors (Lipinski definition) is 4. The third-order valence-electron chi connectivity index (χ3n) is 2.67. The fourth-order valence-electron chi connectivity index (χ4n) is 1.64. The van der Waals surface area contributed by atoms with Crippen molar-refractivity contribution in [3.05, 3.63) is 48.0 Å². The van der Waals surface area contributed by atoms with Gasteiger partial charge in [0.2, 0.25) is 0 Å². The van der Waals surface area contributed by atoms with Crippen molar-refractivity contribution in [1.29, 1.82) is 0 Å². The predicted octanol–water partition coefficient (Wildman–Crippen LogP) is 2.36. The SMILES string of the molecule is COc1cc(N)ccc1NS(=O)(=O)c1ccc(F)c(F)c1. The van der Waals surface area contributed by atoms with Crippen molar-refractivity contribution < 1.29 is 21.9 Å². The number of methoxy groups -OCH3 is 1. The topological polar surface area (TPSA) is 81.4 Å². The Morgan fingerprint density at radius 3 is 2.43 bits per heavy atom. The summed E-state index contributed by atoms with van der Waals surface area (Å²) >= 11 is 0. The number of halogens is 2. The maximum Gasteiger partial charge on any atom is 0.262 e. The number of nitrogens with two attached hydrogens (primary N) is 1. The van der Waals surface area contributed by atoms with Crippen LogP contribution < -0.4 is 15.2 Å². The van der Waals surface area contributed by atoms with Crippen molar-refractivity contribution in [3.8, 4) is 5.75 Å². The molecule has 2 rings (SSSR count). The molecule has 0 saturated heterocycles. The molecule has 0 heterocycles. The Balaban J connectivity index is 2.39. The summed E-state index contributed by atoms with van der Waals surface area (Å²) in [6.45, 7) is 0. The smallest absolute Gasteiger partial charge is 0.262 e. The Labute approximate surface area is 120 Å². The Kier molecular flexibility index (Phi) is 3.99. The normalized spacial score (nSPS) is 11.2. The first-order valence-corrected chi connectivity index (χ1v) is 7.23. The summed E-state index contributed by atoms with van der Waals surface area (Å²) in [5.74, 6) is -2.16. The van der Waals surface area contributed by atoms with Gasteiger partial charge in [0.1, 0.15) is 5.75 Å². The summed E-state index contributed by atoms with van der Waals surface area (Å²) < 4.78 is 57.5. The highest BCUT2D eigenvalue weighted by molar-refractivity contribution is 7.92. The van der Waals surface area contributed by atoms with Gasteiger partial charge < -0.3 is 10.5 Å². The van der Waals surface area contributed by atoms with Gasteiger partial charge in [0.05, 0.1) is 17.7 Å². The van der Waals surface area contributed by atoms with Crippen LogP contribution in [0.25, 0.3) is 0 Å². The quantitative estimate of drug-likeness (QED) is 0.849. The van der Waals surface area contributed by atoms with E-state index in [0.29, 0.717) is 11.8 Å². The molecule has 0 spiro atoms. The van der Waals surface area contributed by atoms with E-state index in [1.807, 2.05) is 0 Å². The molecule has 0 aliphatic rings. The van der Waals surface area contributed by atoms with E-state index >= 15 is 0 Å². The first kappa shape index (κ1) is 15.0. The van der Waals surface area contributed by atoms with Crippen LogP contribution in [0, 0.1) is 11.6 Å². The van der Waals surface area contributed by atoms with Crippen LogP contribution in [-0.4, -0.2) is 15.5 Å². The van der Waals surface area contributed by atoms with E-state index in [4.69, 9.17) is 10.5 Å². The fraction of sp³-hybridized carbons (Fsp3) is 0.0769. The van der Waals surface area contributed by atoms with Crippen LogP contribution in [0.1, 0.15) is 0 Å². The van der Waals surface area contributed by atoms with Gasteiger partial charge in [-0.15, -0.1) is 0 Å². The Bertz CT molecular complexity index is 779. The molecule has 3 N–H and O–H groups in total. The molecular formula is C13H12F2N2O3S. The maximum atomic E-state index is 13.1. The molecule has 8 heteroatoms. The summed E-state index contributed by atoms with van der Waals surface area (Å²) in [5, 5.41) is 0. The molecule has 5 nitrogen and oxygen atoms in total. The lowest BCUT2D eigenvalue weighted by atomic mass is 10.2. The predicted molar refractivity (Wildman–Crippen MR) is 74.6 cm³/mol. The zero-order chi connectivity index (χ0) is 15.6. The minimum absolute atomic E-state index is 0.136. The van der Waals surface area contributed by atoms with Crippen molar-refractivity contribution >= 4 is 21.4 Å². The highest BCUT2D eigenvalue weighted by Crippen LogP contribution is 2.29. The zero-order valence-corrected chi connectivity index (χ0v) is 11.7. The standard InChI is InChI=1S/C13H12F2N2O3S/c1-20-13-6-8(16)2-5-12(13)17-21(18,19)9-3-4-10(14)11(15)7-9/h2-7,17H,16H2,1H3. The number of benzene rings is 2. The first-order chi connectivity index (χ1) is 9.83. The van der Waals surface area contributed by atoms with Crippen molar-refractivity contribution in [3.63, 3.8) is 0 Å². The summed E-state index contributed by atoms with van der Waals surface area (Å²) in [4.78, 5) is -0.403. The third kappa shape index (κ3) is 3.22. The molecule has 0 unspecified atom stereocenters. The van der Waals surface area contributed by atoms with Gasteiger partial charge in [-0.1, -0.05) is 0 Å². The lowest BCUT2D eigenvalue weighted by Crippen LogP contribution is -2.14. The largest absolute Gasteiger partial charge is 0.494 e. The average molecular weight is 314 g/mol. The second-order valence-corrected chi connectivity index (χ2v) is 5.82. The molecule has 0 atom stereocenters. The van der Waals surface area contributed by atoms with Gasteiger partial charge in [0.25, 0.3) is 10.0 Å². The summed E-state index contributed by atoms with van der Waals surface area (Å²) in [6, 6.07) is 6.62. The van der Waals surface area contributed by atoms with E-state index in [0.717, 1.165) is 12.1 Å². The van der Waals surface area contributed by atoms with Crippen LogP contribution in [0.3, 0.4) is 0 Å². The van der Waals surface area contributed by atoms with Gasteiger partial charge in [-0.2, -0.15) is 0 Å². The summed E-state index contributed by atoms with van der Waals surface area (Å²) in [6.07, 6.45) is 0. The van der Waals surface area contributed by atoms with Crippen LogP contribution in [-0.2, 0) is 10.0 Å². The number of nitrogen functional groups attached to an aromatic ring is 1. The van der Waals surface area contributed by atoms with E-state index in [1.165, 1.54) is 25.3 Å². The van der Waals surface area contributed by atoms with E-state index in [9.17, 15) is 17.2 Å². The zero-order valence-electron chi connectivity index (χ0n) is 10.9. The van der Waals surface area contributed by atoms with Crippen LogP contribution in [0.5, 0.6) is 5.75 Å². The Morgan fingerprint density at radius 1 is 1.10 bits per heavy atom. The minimum atomic E-state index is -4.08. The maximum absolute atomic E-state index is 13.1. The number of rotatable bonds is 4. The third-order valence-corrected chi connectivity index (χ3v) is 4.03. The van der Waals surface area contributed by atoms with Gasteiger partial charge in [0.15, 0.2) is 11.6 Å². The van der Waals surface area contributed by atoms with Gasteiger partial charge >= 0.3 is 0 Å². The molecule has 0 amide bonds. The van der Waals surface area contributed by atoms with Crippen LogP contribution >= 0.6 is 0 Å². The number of anilines is 2. The molecular weight excluding hydrogens is 302 g/mol. The molecule has 0 aromatic heterocycles. The van der Waals surface area contributed by atoms with Gasteiger partial charge in [-0.25, -0.2) is 17.2 Å². The van der Waals surface area contributed by atoms with E-state index in [-0.39, 0.29) is 11.4 Å². The van der Waals surface area contributed by atoms with E-state index in [1.54, 1.807) is 0 Å². The Morgan fingerprint density at radius 2 is 1.81 bits per heavy atom. The number of hydrogen-bond donors (Lipinski definition) is 2. The number of nitrogens with one attached hydrogen (secondary N) is 1. The van der Waals surface area contributed by atoms with Crippen LogP contribution in [0.15, 0.2) is 41.3 Å². The second-order valence-electron chi connectivity index (χ2n) is 4.14. The van der Waals surface area contributed by atoms with Gasteiger partial charge in [-0.05, 0) is 30.3 Å². The van der Waals surface area contributed by atoms with E-state index < -0.39 is 26.6 Å². The molecule has 21 heavy (non-hydrogen) atoms. The van der Waals surface area contributed by atoms with Crippen molar-refractivity contribution in [1.82, 2.24) is 0 Å². The molecule has 0 saturated carbocycles.